The van der Waals surface area contributed by atoms with E-state index in [2.05, 4.69) is 52.6 Å². The Labute approximate surface area is 113 Å². The fourth-order valence-corrected chi connectivity index (χ4v) is 2.88. The van der Waals surface area contributed by atoms with Crippen molar-refractivity contribution in [3.05, 3.63) is 11.6 Å². The molecule has 0 aromatic heterocycles. The molecule has 0 aliphatic heterocycles. The smallest absolute Gasteiger partial charge is 0.193 e. The van der Waals surface area contributed by atoms with Crippen molar-refractivity contribution in [1.29, 1.82) is 0 Å². The van der Waals surface area contributed by atoms with Gasteiger partial charge in [-0.05, 0) is 50.4 Å². The number of carbonyl (C=O) groups is 1. The zero-order valence-electron chi connectivity index (χ0n) is 12.8. The van der Waals surface area contributed by atoms with Crippen molar-refractivity contribution in [3.8, 4) is 11.8 Å². The third-order valence-electron chi connectivity index (χ3n) is 3.37. The van der Waals surface area contributed by atoms with Gasteiger partial charge in [0.15, 0.2) is 14.6 Å². The van der Waals surface area contributed by atoms with Crippen LogP contribution in [0, 0.1) is 11.8 Å². The van der Waals surface area contributed by atoms with Crippen molar-refractivity contribution >= 4 is 14.6 Å². The summed E-state index contributed by atoms with van der Waals surface area (Å²) < 4.78 is 6.26. The molecule has 0 saturated carbocycles. The third-order valence-corrected chi connectivity index (χ3v) is 7.98. The van der Waals surface area contributed by atoms with Crippen molar-refractivity contribution < 1.29 is 9.22 Å². The Morgan fingerprint density at radius 2 is 1.89 bits per heavy atom. The number of carbonyl (C=O) groups excluding carboxylic acids is 1. The van der Waals surface area contributed by atoms with Gasteiger partial charge in [0.05, 0.1) is 0 Å². The number of allylic oxidation sites excluding steroid dienone is 1. The fraction of sp³-hybridized carbons (Fsp3) is 0.667. The molecule has 0 aromatic rings. The summed E-state index contributed by atoms with van der Waals surface area (Å²) in [6.45, 7) is 15.4. The van der Waals surface area contributed by atoms with E-state index in [9.17, 15) is 4.79 Å². The molecule has 0 bridgehead atoms. The summed E-state index contributed by atoms with van der Waals surface area (Å²) in [6, 6.07) is 0. The molecule has 0 heterocycles. The molecule has 0 aliphatic carbocycles. The molecule has 0 N–H and O–H groups in total. The van der Waals surface area contributed by atoms with E-state index in [1.54, 1.807) is 6.08 Å². The van der Waals surface area contributed by atoms with E-state index in [1.165, 1.54) is 0 Å². The highest BCUT2D eigenvalue weighted by molar-refractivity contribution is 6.74. The number of rotatable bonds is 4. The summed E-state index contributed by atoms with van der Waals surface area (Å²) >= 11 is 0. The molecule has 0 unspecified atom stereocenters. The van der Waals surface area contributed by atoms with Crippen LogP contribution in [0.15, 0.2) is 11.6 Å². The molecule has 0 saturated heterocycles. The highest BCUT2D eigenvalue weighted by atomic mass is 28.4. The minimum absolute atomic E-state index is 0.195. The zero-order valence-corrected chi connectivity index (χ0v) is 13.8. The van der Waals surface area contributed by atoms with E-state index in [0.29, 0.717) is 6.29 Å². The Balaban J connectivity index is 4.48. The highest BCUT2D eigenvalue weighted by Gasteiger charge is 2.38. The van der Waals surface area contributed by atoms with Crippen molar-refractivity contribution in [2.45, 2.75) is 65.3 Å². The van der Waals surface area contributed by atoms with Gasteiger partial charge in [0, 0.05) is 6.10 Å². The van der Waals surface area contributed by atoms with Crippen molar-refractivity contribution in [1.82, 2.24) is 0 Å². The van der Waals surface area contributed by atoms with Crippen LogP contribution < -0.4 is 0 Å². The van der Waals surface area contributed by atoms with Crippen LogP contribution in [0.2, 0.25) is 18.1 Å². The molecule has 0 spiro atoms. The van der Waals surface area contributed by atoms with Gasteiger partial charge >= 0.3 is 0 Å². The van der Waals surface area contributed by atoms with Crippen LogP contribution in [0.5, 0.6) is 0 Å². The van der Waals surface area contributed by atoms with Crippen LogP contribution >= 0.6 is 0 Å². The summed E-state index contributed by atoms with van der Waals surface area (Å²) in [7, 11) is -1.69. The number of aldehydes is 1. The molecule has 0 aliphatic rings. The lowest BCUT2D eigenvalue weighted by atomic mass is 10.1. The van der Waals surface area contributed by atoms with E-state index in [-0.39, 0.29) is 11.1 Å². The quantitative estimate of drug-likeness (QED) is 0.438. The van der Waals surface area contributed by atoms with Crippen molar-refractivity contribution in [2.24, 2.45) is 0 Å². The summed E-state index contributed by atoms with van der Waals surface area (Å²) in [5, 5.41) is 0.232. The van der Waals surface area contributed by atoms with Gasteiger partial charge < -0.3 is 4.43 Å². The minimum atomic E-state index is -1.69. The molecule has 102 valence electrons. The molecule has 0 radical (unpaired) electrons. The lowest BCUT2D eigenvalue weighted by Gasteiger charge is -2.38. The van der Waals surface area contributed by atoms with Crippen LogP contribution in [0.1, 0.15) is 41.0 Å². The van der Waals surface area contributed by atoms with E-state index >= 15 is 0 Å². The topological polar surface area (TPSA) is 26.3 Å². The normalized spacial score (nSPS) is 14.7. The average molecular weight is 266 g/mol. The van der Waals surface area contributed by atoms with E-state index in [1.807, 2.05) is 6.92 Å². The second-order valence-corrected chi connectivity index (χ2v) is 11.0. The summed E-state index contributed by atoms with van der Waals surface area (Å²) in [5.41, 5.74) is 1.15. The monoisotopic (exact) mass is 266 g/mol. The third kappa shape index (κ3) is 6.18. The molecule has 3 heteroatoms. The molecular formula is C15H26O2Si. The minimum Gasteiger partial charge on any atom is -0.414 e. The second kappa shape index (κ2) is 6.91. The SMILES string of the molecule is C/C(=C\C#CC=O)C[C@H](C)O[Si](C)(C)C(C)(C)C. The Morgan fingerprint density at radius 1 is 1.33 bits per heavy atom. The molecule has 18 heavy (non-hydrogen) atoms. The highest BCUT2D eigenvalue weighted by Crippen LogP contribution is 2.37. The lowest BCUT2D eigenvalue weighted by Crippen LogP contribution is -2.43. The fourth-order valence-electron chi connectivity index (χ4n) is 1.43. The van der Waals surface area contributed by atoms with Crippen molar-refractivity contribution in [2.75, 3.05) is 0 Å². The summed E-state index contributed by atoms with van der Waals surface area (Å²) in [4.78, 5) is 10.1. The zero-order chi connectivity index (χ0) is 14.4. The summed E-state index contributed by atoms with van der Waals surface area (Å²) in [5.74, 6) is 5.09. The first-order valence-corrected chi connectivity index (χ1v) is 9.29. The Bertz CT molecular complexity index is 364. The Hall–Kier alpha value is -0.853. The predicted octanol–water partition coefficient (Wildman–Crippen LogP) is 3.94. The van der Waals surface area contributed by atoms with Crippen LogP contribution in [-0.4, -0.2) is 20.7 Å². The Morgan fingerprint density at radius 3 is 2.33 bits per heavy atom. The van der Waals surface area contributed by atoms with Crippen LogP contribution in [0.25, 0.3) is 0 Å². The van der Waals surface area contributed by atoms with Crippen molar-refractivity contribution in [3.63, 3.8) is 0 Å². The number of hydrogen-bond acceptors (Lipinski definition) is 2. The molecule has 0 fully saturated rings. The molecule has 0 rings (SSSR count). The van der Waals surface area contributed by atoms with Gasteiger partial charge in [-0.15, -0.1) is 0 Å². The summed E-state index contributed by atoms with van der Waals surface area (Å²) in [6.07, 6.45) is 3.46. The van der Waals surface area contributed by atoms with E-state index in [0.717, 1.165) is 12.0 Å². The maximum atomic E-state index is 10.1. The maximum absolute atomic E-state index is 10.1. The molecular weight excluding hydrogens is 240 g/mol. The van der Waals surface area contributed by atoms with Crippen LogP contribution in [0.3, 0.4) is 0 Å². The van der Waals surface area contributed by atoms with E-state index < -0.39 is 8.32 Å². The predicted molar refractivity (Wildman–Crippen MR) is 80.0 cm³/mol. The Kier molecular flexibility index (Phi) is 6.59. The van der Waals surface area contributed by atoms with Gasteiger partial charge in [0.25, 0.3) is 0 Å². The molecule has 0 aromatic carbocycles. The van der Waals surface area contributed by atoms with Gasteiger partial charge in [0.2, 0.25) is 0 Å². The standard InChI is InChI=1S/C15H26O2Si/c1-13(10-8-9-11-16)12-14(2)17-18(6,7)15(3,4)5/h10-11,14H,12H2,1-7H3/b13-10+/t14-/m0/s1. The first-order chi connectivity index (χ1) is 8.10. The van der Waals surface area contributed by atoms with Crippen LogP contribution in [-0.2, 0) is 9.22 Å². The second-order valence-electron chi connectivity index (χ2n) is 6.29. The number of hydrogen-bond donors (Lipinski definition) is 0. The first kappa shape index (κ1) is 17.1. The maximum Gasteiger partial charge on any atom is 0.193 e. The average Bonchev–Trinajstić information content (AvgIpc) is 2.14. The van der Waals surface area contributed by atoms with Crippen LogP contribution in [0.4, 0.5) is 0 Å². The molecule has 2 nitrogen and oxygen atoms in total. The van der Waals surface area contributed by atoms with E-state index in [4.69, 9.17) is 4.43 Å². The van der Waals surface area contributed by atoms with Gasteiger partial charge in [-0.3, -0.25) is 4.79 Å². The van der Waals surface area contributed by atoms with Gasteiger partial charge in [-0.2, -0.15) is 0 Å². The van der Waals surface area contributed by atoms with Gasteiger partial charge in [-0.1, -0.05) is 32.3 Å². The largest absolute Gasteiger partial charge is 0.414 e. The first-order valence-electron chi connectivity index (χ1n) is 6.38. The van der Waals surface area contributed by atoms with Gasteiger partial charge in [-0.25, -0.2) is 0 Å². The molecule has 0 amide bonds. The lowest BCUT2D eigenvalue weighted by molar-refractivity contribution is -0.103. The molecule has 1 atom stereocenters. The van der Waals surface area contributed by atoms with Gasteiger partial charge in [0.1, 0.15) is 0 Å².